The monoisotopic (exact) mass is 184 g/mol. The Morgan fingerprint density at radius 1 is 1.31 bits per heavy atom. The second-order valence-corrected chi connectivity index (χ2v) is 2.11. The van der Waals surface area contributed by atoms with E-state index in [9.17, 15) is 9.59 Å². The van der Waals surface area contributed by atoms with Crippen molar-refractivity contribution in [2.24, 2.45) is 0 Å². The summed E-state index contributed by atoms with van der Waals surface area (Å²) < 4.78 is 8.95. The zero-order valence-corrected chi connectivity index (χ0v) is 7.65. The van der Waals surface area contributed by atoms with Crippen molar-refractivity contribution >= 4 is 11.9 Å². The minimum Gasteiger partial charge on any atom is -0.466 e. The van der Waals surface area contributed by atoms with E-state index in [0.717, 1.165) is 0 Å². The van der Waals surface area contributed by atoms with E-state index in [1.165, 1.54) is 26.2 Å². The van der Waals surface area contributed by atoms with Gasteiger partial charge in [0.1, 0.15) is 6.61 Å². The summed E-state index contributed by atoms with van der Waals surface area (Å²) in [4.78, 5) is 20.8. The number of carbonyl (C=O) groups excluding carboxylic acids is 2. The van der Waals surface area contributed by atoms with E-state index in [1.54, 1.807) is 12.2 Å². The molecular weight excluding hydrogens is 172 g/mol. The Morgan fingerprint density at radius 3 is 2.54 bits per heavy atom. The third-order valence-corrected chi connectivity index (χ3v) is 1.06. The predicted molar refractivity (Wildman–Crippen MR) is 46.9 cm³/mol. The molecule has 0 amide bonds. The predicted octanol–water partition coefficient (Wildman–Crippen LogP) is 0.835. The van der Waals surface area contributed by atoms with Crippen LogP contribution in [0.15, 0.2) is 24.3 Å². The maximum Gasteiger partial charge on any atom is 0.330 e. The normalized spacial score (nSPS) is 10.6. The Balaban J connectivity index is 3.57. The van der Waals surface area contributed by atoms with Gasteiger partial charge in [0.2, 0.25) is 0 Å². The first kappa shape index (κ1) is 11.4. The SMILES string of the molecule is COC(=O)/C=C\C=C\COC(C)=O. The second kappa shape index (κ2) is 7.09. The molecule has 0 saturated carbocycles. The molecular formula is C9H12O4. The fourth-order valence-corrected chi connectivity index (χ4v) is 0.502. The molecule has 0 aromatic heterocycles. The van der Waals surface area contributed by atoms with E-state index in [-0.39, 0.29) is 12.6 Å². The molecule has 72 valence electrons. The standard InChI is InChI=1S/C9H12O4/c1-8(10)13-7-5-3-4-6-9(11)12-2/h3-6H,7H2,1-2H3/b5-3+,6-4-. The van der Waals surface area contributed by atoms with Crippen molar-refractivity contribution < 1.29 is 19.1 Å². The summed E-state index contributed by atoms with van der Waals surface area (Å²) in [6.45, 7) is 1.54. The van der Waals surface area contributed by atoms with Gasteiger partial charge in [-0.3, -0.25) is 4.79 Å². The van der Waals surface area contributed by atoms with Crippen LogP contribution in [-0.4, -0.2) is 25.7 Å². The van der Waals surface area contributed by atoms with Crippen LogP contribution < -0.4 is 0 Å². The molecule has 0 aliphatic rings. The van der Waals surface area contributed by atoms with E-state index in [4.69, 9.17) is 0 Å². The van der Waals surface area contributed by atoms with Gasteiger partial charge in [-0.15, -0.1) is 0 Å². The fraction of sp³-hybridized carbons (Fsp3) is 0.333. The maximum atomic E-state index is 10.5. The van der Waals surface area contributed by atoms with Crippen LogP contribution in [-0.2, 0) is 19.1 Å². The molecule has 0 heterocycles. The van der Waals surface area contributed by atoms with E-state index in [2.05, 4.69) is 9.47 Å². The van der Waals surface area contributed by atoms with Crippen molar-refractivity contribution in [1.29, 1.82) is 0 Å². The van der Waals surface area contributed by atoms with Gasteiger partial charge in [0.15, 0.2) is 0 Å². The molecule has 4 heteroatoms. The Labute approximate surface area is 76.8 Å². The third-order valence-electron chi connectivity index (χ3n) is 1.06. The molecule has 0 aliphatic heterocycles. The summed E-state index contributed by atoms with van der Waals surface area (Å²) >= 11 is 0. The molecule has 0 fully saturated rings. The van der Waals surface area contributed by atoms with Gasteiger partial charge in [-0.05, 0) is 6.08 Å². The summed E-state index contributed by atoms with van der Waals surface area (Å²) in [6.07, 6.45) is 5.99. The zero-order chi connectivity index (χ0) is 10.1. The zero-order valence-electron chi connectivity index (χ0n) is 7.65. The molecule has 0 rings (SSSR count). The highest BCUT2D eigenvalue weighted by Crippen LogP contribution is 1.82. The molecule has 0 spiro atoms. The topological polar surface area (TPSA) is 52.6 Å². The van der Waals surface area contributed by atoms with E-state index in [0.29, 0.717) is 0 Å². The summed E-state index contributed by atoms with van der Waals surface area (Å²) in [5.74, 6) is -0.751. The minimum absolute atomic E-state index is 0.209. The van der Waals surface area contributed by atoms with E-state index >= 15 is 0 Å². The van der Waals surface area contributed by atoms with Crippen LogP contribution in [0.25, 0.3) is 0 Å². The highest BCUT2D eigenvalue weighted by atomic mass is 16.5. The van der Waals surface area contributed by atoms with Gasteiger partial charge in [-0.1, -0.05) is 12.2 Å². The van der Waals surface area contributed by atoms with Crippen molar-refractivity contribution in [1.82, 2.24) is 0 Å². The molecule has 13 heavy (non-hydrogen) atoms. The van der Waals surface area contributed by atoms with Crippen LogP contribution in [0.4, 0.5) is 0 Å². The molecule has 0 aromatic carbocycles. The molecule has 0 radical (unpaired) electrons. The van der Waals surface area contributed by atoms with Crippen LogP contribution in [0.2, 0.25) is 0 Å². The van der Waals surface area contributed by atoms with Crippen LogP contribution in [0.5, 0.6) is 0 Å². The van der Waals surface area contributed by atoms with Crippen LogP contribution in [0.1, 0.15) is 6.92 Å². The Hall–Kier alpha value is -1.58. The van der Waals surface area contributed by atoms with Gasteiger partial charge in [-0.25, -0.2) is 4.79 Å². The number of esters is 2. The Bertz CT molecular complexity index is 228. The van der Waals surface area contributed by atoms with Crippen molar-refractivity contribution in [2.45, 2.75) is 6.92 Å². The third kappa shape index (κ3) is 8.33. The van der Waals surface area contributed by atoms with Crippen molar-refractivity contribution in [3.8, 4) is 0 Å². The van der Waals surface area contributed by atoms with E-state index < -0.39 is 5.97 Å². The number of allylic oxidation sites excluding steroid dienone is 2. The molecule has 0 aromatic rings. The summed E-state index contributed by atoms with van der Waals surface area (Å²) in [6, 6.07) is 0. The number of carbonyl (C=O) groups is 2. The number of hydrogen-bond donors (Lipinski definition) is 0. The lowest BCUT2D eigenvalue weighted by Crippen LogP contribution is -1.97. The number of methoxy groups -OCH3 is 1. The first-order valence-corrected chi connectivity index (χ1v) is 3.71. The number of hydrogen-bond acceptors (Lipinski definition) is 4. The smallest absolute Gasteiger partial charge is 0.330 e. The fourth-order valence-electron chi connectivity index (χ4n) is 0.502. The minimum atomic E-state index is -0.419. The molecule has 0 aliphatic carbocycles. The lowest BCUT2D eigenvalue weighted by molar-refractivity contribution is -0.139. The summed E-state index contributed by atoms with van der Waals surface area (Å²) in [5.41, 5.74) is 0. The second-order valence-electron chi connectivity index (χ2n) is 2.11. The van der Waals surface area contributed by atoms with Crippen molar-refractivity contribution in [3.05, 3.63) is 24.3 Å². The van der Waals surface area contributed by atoms with Crippen molar-refractivity contribution in [3.63, 3.8) is 0 Å². The Morgan fingerprint density at radius 2 is 2.00 bits per heavy atom. The van der Waals surface area contributed by atoms with Crippen LogP contribution >= 0.6 is 0 Å². The molecule has 0 unspecified atom stereocenters. The quantitative estimate of drug-likeness (QED) is 0.369. The highest BCUT2D eigenvalue weighted by Gasteiger charge is 1.87. The molecule has 0 bridgehead atoms. The van der Waals surface area contributed by atoms with Gasteiger partial charge in [0.05, 0.1) is 7.11 Å². The van der Waals surface area contributed by atoms with E-state index in [1.807, 2.05) is 0 Å². The molecule has 0 atom stereocenters. The first-order chi connectivity index (χ1) is 6.16. The number of ether oxygens (including phenoxy) is 2. The Kier molecular flexibility index (Phi) is 6.23. The average Bonchev–Trinajstić information content (AvgIpc) is 2.10. The highest BCUT2D eigenvalue weighted by molar-refractivity contribution is 5.82. The largest absolute Gasteiger partial charge is 0.466 e. The number of rotatable bonds is 4. The molecule has 0 saturated heterocycles. The van der Waals surface area contributed by atoms with Gasteiger partial charge in [0.25, 0.3) is 0 Å². The van der Waals surface area contributed by atoms with Gasteiger partial charge < -0.3 is 9.47 Å². The van der Waals surface area contributed by atoms with Gasteiger partial charge >= 0.3 is 11.9 Å². The maximum absolute atomic E-state index is 10.5. The van der Waals surface area contributed by atoms with Crippen LogP contribution in [0, 0.1) is 0 Å². The molecule has 4 nitrogen and oxygen atoms in total. The van der Waals surface area contributed by atoms with Gasteiger partial charge in [-0.2, -0.15) is 0 Å². The summed E-state index contributed by atoms with van der Waals surface area (Å²) in [5, 5.41) is 0. The molecule has 0 N–H and O–H groups in total. The lowest BCUT2D eigenvalue weighted by atomic mass is 10.4. The van der Waals surface area contributed by atoms with Crippen LogP contribution in [0.3, 0.4) is 0 Å². The first-order valence-electron chi connectivity index (χ1n) is 3.71. The lowest BCUT2D eigenvalue weighted by Gasteiger charge is -1.92. The summed E-state index contributed by atoms with van der Waals surface area (Å²) in [7, 11) is 1.30. The average molecular weight is 184 g/mol. The van der Waals surface area contributed by atoms with Crippen molar-refractivity contribution in [2.75, 3.05) is 13.7 Å². The van der Waals surface area contributed by atoms with Gasteiger partial charge in [0, 0.05) is 13.0 Å².